The fraction of sp³-hybridized carbons (Fsp3) is 0.438. The Morgan fingerprint density at radius 2 is 1.68 bits per heavy atom. The molecule has 1 aromatic heterocycles. The maximum Gasteiger partial charge on any atom is 0.356 e. The maximum absolute atomic E-state index is 12.2. The lowest BCUT2D eigenvalue weighted by molar-refractivity contribution is 0.490. The smallest absolute Gasteiger partial charge is 0.354 e. The normalized spacial score (nSPS) is 10.8. The van der Waals surface area contributed by atoms with Crippen molar-refractivity contribution in [1.82, 2.24) is 14.5 Å². The SMILES string of the molecule is CCNc1ncn(-c2c(CC)cccc2CC)c(=O)n1.CS(=O)(=O)O. The van der Waals surface area contributed by atoms with E-state index in [4.69, 9.17) is 4.55 Å². The maximum atomic E-state index is 12.2. The van der Waals surface area contributed by atoms with Crippen LogP contribution in [0.4, 0.5) is 5.95 Å². The highest BCUT2D eigenvalue weighted by Crippen LogP contribution is 2.19. The molecule has 0 saturated carbocycles. The van der Waals surface area contributed by atoms with Gasteiger partial charge in [-0.2, -0.15) is 13.4 Å². The Bertz CT molecular complexity index is 832. The van der Waals surface area contributed by atoms with E-state index in [0.717, 1.165) is 29.7 Å². The van der Waals surface area contributed by atoms with E-state index in [9.17, 15) is 13.2 Å². The van der Waals surface area contributed by atoms with E-state index in [1.54, 1.807) is 10.9 Å². The molecular formula is C16H24N4O4S. The lowest BCUT2D eigenvalue weighted by Gasteiger charge is -2.14. The summed E-state index contributed by atoms with van der Waals surface area (Å²) >= 11 is 0. The Hall–Kier alpha value is -2.26. The van der Waals surface area contributed by atoms with Crippen molar-refractivity contribution in [3.8, 4) is 5.69 Å². The summed E-state index contributed by atoms with van der Waals surface area (Å²) < 4.78 is 27.4. The van der Waals surface area contributed by atoms with Gasteiger partial charge in [0.2, 0.25) is 5.95 Å². The van der Waals surface area contributed by atoms with Gasteiger partial charge in [0, 0.05) is 6.54 Å². The van der Waals surface area contributed by atoms with E-state index in [-0.39, 0.29) is 5.69 Å². The van der Waals surface area contributed by atoms with Crippen LogP contribution in [0.3, 0.4) is 0 Å². The molecule has 8 nitrogen and oxygen atoms in total. The van der Waals surface area contributed by atoms with Crippen molar-refractivity contribution in [2.24, 2.45) is 0 Å². The van der Waals surface area contributed by atoms with Crippen LogP contribution in [-0.2, 0) is 23.0 Å². The number of para-hydroxylation sites is 1. The van der Waals surface area contributed by atoms with Gasteiger partial charge in [0.05, 0.1) is 11.9 Å². The van der Waals surface area contributed by atoms with Gasteiger partial charge in [-0.1, -0.05) is 32.0 Å². The number of hydrogen-bond donors (Lipinski definition) is 2. The lowest BCUT2D eigenvalue weighted by atomic mass is 10.0. The Morgan fingerprint density at radius 3 is 2.08 bits per heavy atom. The number of aryl methyl sites for hydroxylation is 2. The molecule has 2 aromatic rings. The zero-order valence-electron chi connectivity index (χ0n) is 14.9. The molecule has 0 radical (unpaired) electrons. The summed E-state index contributed by atoms with van der Waals surface area (Å²) in [5.74, 6) is 0.376. The molecule has 0 amide bonds. The molecule has 138 valence electrons. The molecule has 0 fully saturated rings. The van der Waals surface area contributed by atoms with Crippen molar-refractivity contribution >= 4 is 16.1 Å². The molecule has 2 N–H and O–H groups in total. The van der Waals surface area contributed by atoms with Gasteiger partial charge in [-0.15, -0.1) is 0 Å². The summed E-state index contributed by atoms with van der Waals surface area (Å²) in [6.45, 7) is 6.79. The Morgan fingerprint density at radius 1 is 1.16 bits per heavy atom. The fourth-order valence-corrected chi connectivity index (χ4v) is 2.26. The molecule has 0 spiro atoms. The molecule has 0 saturated heterocycles. The summed E-state index contributed by atoms with van der Waals surface area (Å²) in [7, 11) is -3.67. The van der Waals surface area contributed by atoms with Gasteiger partial charge in [0.15, 0.2) is 0 Å². The molecule has 25 heavy (non-hydrogen) atoms. The Balaban J connectivity index is 0.000000550. The van der Waals surface area contributed by atoms with Gasteiger partial charge in [0.1, 0.15) is 6.33 Å². The van der Waals surface area contributed by atoms with E-state index in [1.807, 2.05) is 25.1 Å². The Labute approximate surface area is 147 Å². The van der Waals surface area contributed by atoms with Crippen LogP contribution in [0.15, 0.2) is 29.3 Å². The molecule has 0 atom stereocenters. The molecule has 0 bridgehead atoms. The van der Waals surface area contributed by atoms with Crippen molar-refractivity contribution < 1.29 is 13.0 Å². The highest BCUT2D eigenvalue weighted by Gasteiger charge is 2.11. The summed E-state index contributed by atoms with van der Waals surface area (Å²) in [6, 6.07) is 6.11. The molecule has 2 rings (SSSR count). The predicted octanol–water partition coefficient (Wildman–Crippen LogP) is 1.69. The highest BCUT2D eigenvalue weighted by atomic mass is 32.2. The molecule has 0 aliphatic carbocycles. The third-order valence-corrected chi connectivity index (χ3v) is 3.24. The second-order valence-corrected chi connectivity index (χ2v) is 6.69. The van der Waals surface area contributed by atoms with Crippen LogP contribution in [0, 0.1) is 0 Å². The van der Waals surface area contributed by atoms with Gasteiger partial charge < -0.3 is 5.32 Å². The van der Waals surface area contributed by atoms with Gasteiger partial charge >= 0.3 is 5.69 Å². The monoisotopic (exact) mass is 368 g/mol. The first-order valence-corrected chi connectivity index (χ1v) is 9.79. The van der Waals surface area contributed by atoms with Crippen molar-refractivity contribution in [2.45, 2.75) is 33.6 Å². The molecule has 1 heterocycles. The van der Waals surface area contributed by atoms with Crippen LogP contribution in [0.5, 0.6) is 0 Å². The minimum atomic E-state index is -3.67. The van der Waals surface area contributed by atoms with Crippen LogP contribution in [0.25, 0.3) is 5.69 Å². The van der Waals surface area contributed by atoms with Crippen LogP contribution in [0.1, 0.15) is 31.9 Å². The van der Waals surface area contributed by atoms with Crippen LogP contribution >= 0.6 is 0 Å². The predicted molar refractivity (Wildman–Crippen MR) is 98.0 cm³/mol. The van der Waals surface area contributed by atoms with Crippen molar-refractivity contribution in [1.29, 1.82) is 0 Å². The highest BCUT2D eigenvalue weighted by molar-refractivity contribution is 7.85. The van der Waals surface area contributed by atoms with E-state index in [1.165, 1.54) is 0 Å². The van der Waals surface area contributed by atoms with Crippen molar-refractivity contribution in [3.63, 3.8) is 0 Å². The van der Waals surface area contributed by atoms with Gasteiger partial charge in [-0.05, 0) is 30.9 Å². The minimum Gasteiger partial charge on any atom is -0.354 e. The topological polar surface area (TPSA) is 114 Å². The van der Waals surface area contributed by atoms with Crippen molar-refractivity contribution in [3.05, 3.63) is 46.1 Å². The molecule has 0 aliphatic heterocycles. The largest absolute Gasteiger partial charge is 0.356 e. The number of hydrogen-bond acceptors (Lipinski definition) is 6. The molecule has 1 aromatic carbocycles. The number of aromatic nitrogens is 3. The van der Waals surface area contributed by atoms with Gasteiger partial charge in [-0.25, -0.2) is 9.78 Å². The second-order valence-electron chi connectivity index (χ2n) is 5.23. The number of rotatable bonds is 5. The molecule has 0 aliphatic rings. The molecule has 0 unspecified atom stereocenters. The quantitative estimate of drug-likeness (QED) is 0.772. The second kappa shape index (κ2) is 9.28. The summed E-state index contributed by atoms with van der Waals surface area (Å²) in [4.78, 5) is 20.4. The van der Waals surface area contributed by atoms with Crippen molar-refractivity contribution in [2.75, 3.05) is 18.1 Å². The number of benzene rings is 1. The zero-order valence-corrected chi connectivity index (χ0v) is 15.7. The van der Waals surface area contributed by atoms with Gasteiger partial charge in [-0.3, -0.25) is 9.12 Å². The fourth-order valence-electron chi connectivity index (χ4n) is 2.26. The van der Waals surface area contributed by atoms with Crippen LogP contribution < -0.4 is 11.0 Å². The summed E-state index contributed by atoms with van der Waals surface area (Å²) in [5, 5.41) is 2.95. The van der Waals surface area contributed by atoms with Crippen LogP contribution in [0.2, 0.25) is 0 Å². The minimum absolute atomic E-state index is 0.299. The standard InChI is InChI=1S/C15H20N4O.CH4O3S/c1-4-11-8-7-9-12(5-2)13(11)19-10-17-14(16-6-3)18-15(19)20;1-5(2,3)4/h7-10H,4-6H2,1-3H3,(H,16,18,20);1H3,(H,2,3,4). The number of nitrogens with one attached hydrogen (secondary N) is 1. The van der Waals surface area contributed by atoms with E-state index in [0.29, 0.717) is 18.7 Å². The average Bonchev–Trinajstić information content (AvgIpc) is 2.53. The lowest BCUT2D eigenvalue weighted by Crippen LogP contribution is -2.25. The number of nitrogens with zero attached hydrogens (tertiary/aromatic N) is 3. The van der Waals surface area contributed by atoms with Crippen LogP contribution in [-0.4, -0.2) is 40.3 Å². The first-order valence-electron chi connectivity index (χ1n) is 7.94. The van der Waals surface area contributed by atoms with E-state index >= 15 is 0 Å². The summed E-state index contributed by atoms with van der Waals surface area (Å²) in [5.41, 5.74) is 2.88. The average molecular weight is 368 g/mol. The first kappa shape index (κ1) is 20.8. The Kier molecular flexibility index (Phi) is 7.72. The van der Waals surface area contributed by atoms with E-state index < -0.39 is 10.1 Å². The third-order valence-electron chi connectivity index (χ3n) is 3.24. The molecular weight excluding hydrogens is 344 g/mol. The van der Waals surface area contributed by atoms with E-state index in [2.05, 4.69) is 29.1 Å². The first-order chi connectivity index (χ1) is 11.7. The third kappa shape index (κ3) is 6.63. The molecule has 9 heteroatoms. The number of anilines is 1. The summed E-state index contributed by atoms with van der Waals surface area (Å²) in [6.07, 6.45) is 4.00. The zero-order chi connectivity index (χ0) is 19.0. The van der Waals surface area contributed by atoms with Gasteiger partial charge in [0.25, 0.3) is 10.1 Å².